The van der Waals surface area contributed by atoms with Crippen molar-refractivity contribution in [2.45, 2.75) is 6.92 Å². The average Bonchev–Trinajstić information content (AvgIpc) is 2.78. The zero-order valence-electron chi connectivity index (χ0n) is 11.4. The van der Waals surface area contributed by atoms with E-state index in [4.69, 9.17) is 11.6 Å². The third kappa shape index (κ3) is 2.71. The lowest BCUT2D eigenvalue weighted by Crippen LogP contribution is -2.15. The van der Waals surface area contributed by atoms with E-state index in [1.54, 1.807) is 17.5 Å². The molecule has 1 amide bonds. The number of carbonyl (C=O) groups excluding carboxylic acids is 1. The maximum absolute atomic E-state index is 13.2. The molecule has 112 valence electrons. The third-order valence-electron chi connectivity index (χ3n) is 3.15. The topological polar surface area (TPSA) is 46.4 Å². The van der Waals surface area contributed by atoms with Gasteiger partial charge in [0, 0.05) is 16.4 Å². The van der Waals surface area contributed by atoms with Gasteiger partial charge >= 0.3 is 0 Å². The molecule has 3 rings (SSSR count). The summed E-state index contributed by atoms with van der Waals surface area (Å²) in [7, 11) is 0. The number of carbonyl (C=O) groups is 1. The van der Waals surface area contributed by atoms with E-state index in [0.717, 1.165) is 4.47 Å². The summed E-state index contributed by atoms with van der Waals surface area (Å²) in [6, 6.07) is 7.68. The van der Waals surface area contributed by atoms with Gasteiger partial charge in [0.15, 0.2) is 0 Å². The maximum Gasteiger partial charge on any atom is 0.274 e. The van der Waals surface area contributed by atoms with Gasteiger partial charge in [-0.15, -0.1) is 0 Å². The standard InChI is InChI=1S/C15H10BrClFN3O/c1-8-14(21-7-9(16)2-5-13(21)19-8)15(22)20-10-3-4-12(18)11(17)6-10/h2-7H,1H3,(H,20,22). The van der Waals surface area contributed by atoms with Crippen LogP contribution in [-0.2, 0) is 0 Å². The summed E-state index contributed by atoms with van der Waals surface area (Å²) in [5.41, 5.74) is 2.10. The Morgan fingerprint density at radius 2 is 2.14 bits per heavy atom. The van der Waals surface area contributed by atoms with E-state index >= 15 is 0 Å². The molecule has 0 fully saturated rings. The number of anilines is 1. The average molecular weight is 383 g/mol. The van der Waals surface area contributed by atoms with Crippen molar-refractivity contribution in [3.05, 3.63) is 63.2 Å². The zero-order valence-corrected chi connectivity index (χ0v) is 13.7. The molecule has 0 unspecified atom stereocenters. The zero-order chi connectivity index (χ0) is 15.9. The number of benzene rings is 1. The van der Waals surface area contributed by atoms with E-state index < -0.39 is 5.82 Å². The van der Waals surface area contributed by atoms with Crippen molar-refractivity contribution in [1.82, 2.24) is 9.38 Å². The van der Waals surface area contributed by atoms with E-state index in [0.29, 0.717) is 22.7 Å². The molecule has 0 aliphatic rings. The lowest BCUT2D eigenvalue weighted by molar-refractivity contribution is 0.102. The van der Waals surface area contributed by atoms with Gasteiger partial charge in [0.2, 0.25) is 0 Å². The second kappa shape index (κ2) is 5.70. The summed E-state index contributed by atoms with van der Waals surface area (Å²) in [6.45, 7) is 1.76. The maximum atomic E-state index is 13.2. The van der Waals surface area contributed by atoms with Gasteiger partial charge in [-0.25, -0.2) is 9.37 Å². The van der Waals surface area contributed by atoms with Crippen LogP contribution in [0.1, 0.15) is 16.2 Å². The predicted octanol–water partition coefficient (Wildman–Crippen LogP) is 4.45. The smallest absolute Gasteiger partial charge is 0.274 e. The normalized spacial score (nSPS) is 10.9. The summed E-state index contributed by atoms with van der Waals surface area (Å²) in [5, 5.41) is 2.65. The predicted molar refractivity (Wildman–Crippen MR) is 87.0 cm³/mol. The fourth-order valence-electron chi connectivity index (χ4n) is 2.17. The van der Waals surface area contributed by atoms with Crippen LogP contribution < -0.4 is 5.32 Å². The van der Waals surface area contributed by atoms with E-state index in [1.807, 2.05) is 12.1 Å². The Labute approximate surface area is 139 Å². The molecular formula is C15H10BrClFN3O. The Hall–Kier alpha value is -1.92. The second-order valence-electron chi connectivity index (χ2n) is 4.70. The van der Waals surface area contributed by atoms with E-state index in [2.05, 4.69) is 26.2 Å². The number of aryl methyl sites for hydroxylation is 1. The Balaban J connectivity index is 2.00. The number of aromatic nitrogens is 2. The minimum atomic E-state index is -0.533. The Kier molecular flexibility index (Phi) is 3.88. The molecule has 2 heterocycles. The van der Waals surface area contributed by atoms with E-state index in [-0.39, 0.29) is 10.9 Å². The largest absolute Gasteiger partial charge is 0.321 e. The molecule has 4 nitrogen and oxygen atoms in total. The molecule has 7 heteroatoms. The molecule has 1 aromatic carbocycles. The third-order valence-corrected chi connectivity index (χ3v) is 3.91. The van der Waals surface area contributed by atoms with Gasteiger partial charge in [0.05, 0.1) is 10.7 Å². The number of amides is 1. The molecule has 0 saturated heterocycles. The highest BCUT2D eigenvalue weighted by molar-refractivity contribution is 9.10. The van der Waals surface area contributed by atoms with E-state index in [1.165, 1.54) is 18.2 Å². The number of pyridine rings is 1. The van der Waals surface area contributed by atoms with Crippen LogP contribution in [0.2, 0.25) is 5.02 Å². The van der Waals surface area contributed by atoms with Gasteiger partial charge < -0.3 is 5.32 Å². The lowest BCUT2D eigenvalue weighted by atomic mass is 10.2. The highest BCUT2D eigenvalue weighted by Gasteiger charge is 2.17. The van der Waals surface area contributed by atoms with Crippen LogP contribution in [0.4, 0.5) is 10.1 Å². The number of hydrogen-bond acceptors (Lipinski definition) is 2. The van der Waals surface area contributed by atoms with Crippen molar-refractivity contribution < 1.29 is 9.18 Å². The first-order valence-electron chi connectivity index (χ1n) is 6.36. The SMILES string of the molecule is Cc1nc2ccc(Br)cn2c1C(=O)Nc1ccc(F)c(Cl)c1. The summed E-state index contributed by atoms with van der Waals surface area (Å²) in [4.78, 5) is 16.8. The molecule has 0 aliphatic heterocycles. The van der Waals surface area contributed by atoms with Crippen LogP contribution in [0.25, 0.3) is 5.65 Å². The number of halogens is 3. The Morgan fingerprint density at radius 3 is 2.86 bits per heavy atom. The highest BCUT2D eigenvalue weighted by atomic mass is 79.9. The van der Waals surface area contributed by atoms with Gasteiger partial charge in [0.1, 0.15) is 17.2 Å². The number of nitrogens with zero attached hydrogens (tertiary/aromatic N) is 2. The first kappa shape index (κ1) is 15.0. The molecule has 2 aromatic heterocycles. The molecule has 1 N–H and O–H groups in total. The minimum Gasteiger partial charge on any atom is -0.321 e. The monoisotopic (exact) mass is 381 g/mol. The van der Waals surface area contributed by atoms with Gasteiger partial charge in [-0.05, 0) is 53.2 Å². The summed E-state index contributed by atoms with van der Waals surface area (Å²) in [6.07, 6.45) is 1.77. The van der Waals surface area contributed by atoms with Crippen molar-refractivity contribution in [2.75, 3.05) is 5.32 Å². The van der Waals surface area contributed by atoms with Crippen LogP contribution in [0.5, 0.6) is 0 Å². The number of rotatable bonds is 2. The van der Waals surface area contributed by atoms with Gasteiger partial charge in [-0.3, -0.25) is 9.20 Å². The van der Waals surface area contributed by atoms with Gasteiger partial charge in [-0.1, -0.05) is 11.6 Å². The first-order valence-corrected chi connectivity index (χ1v) is 7.53. The van der Waals surface area contributed by atoms with Crippen LogP contribution >= 0.6 is 27.5 Å². The van der Waals surface area contributed by atoms with Crippen molar-refractivity contribution in [3.63, 3.8) is 0 Å². The Bertz CT molecular complexity index is 894. The fourth-order valence-corrected chi connectivity index (χ4v) is 2.69. The Morgan fingerprint density at radius 1 is 1.36 bits per heavy atom. The molecule has 0 saturated carbocycles. The van der Waals surface area contributed by atoms with Crippen molar-refractivity contribution >= 4 is 44.8 Å². The molecule has 22 heavy (non-hydrogen) atoms. The van der Waals surface area contributed by atoms with Crippen LogP contribution in [0.3, 0.4) is 0 Å². The quantitative estimate of drug-likeness (QED) is 0.712. The first-order chi connectivity index (χ1) is 10.5. The number of nitrogens with one attached hydrogen (secondary N) is 1. The number of fused-ring (bicyclic) bond motifs is 1. The van der Waals surface area contributed by atoms with Crippen molar-refractivity contribution in [1.29, 1.82) is 0 Å². The van der Waals surface area contributed by atoms with Crippen LogP contribution in [0, 0.1) is 12.7 Å². The molecule has 3 aromatic rings. The molecule has 0 aliphatic carbocycles. The molecular weight excluding hydrogens is 373 g/mol. The molecule has 0 bridgehead atoms. The van der Waals surface area contributed by atoms with Crippen LogP contribution in [-0.4, -0.2) is 15.3 Å². The molecule has 0 spiro atoms. The minimum absolute atomic E-state index is 0.0459. The summed E-state index contributed by atoms with van der Waals surface area (Å²) < 4.78 is 15.7. The summed E-state index contributed by atoms with van der Waals surface area (Å²) >= 11 is 9.09. The highest BCUT2D eigenvalue weighted by Crippen LogP contribution is 2.21. The summed E-state index contributed by atoms with van der Waals surface area (Å²) in [5.74, 6) is -0.875. The number of hydrogen-bond donors (Lipinski definition) is 1. The second-order valence-corrected chi connectivity index (χ2v) is 6.03. The van der Waals surface area contributed by atoms with Gasteiger partial charge in [0.25, 0.3) is 5.91 Å². The molecule has 0 radical (unpaired) electrons. The van der Waals surface area contributed by atoms with Gasteiger partial charge in [-0.2, -0.15) is 0 Å². The number of imidazole rings is 1. The van der Waals surface area contributed by atoms with Crippen LogP contribution in [0.15, 0.2) is 41.0 Å². The van der Waals surface area contributed by atoms with E-state index in [9.17, 15) is 9.18 Å². The van der Waals surface area contributed by atoms with Crippen molar-refractivity contribution in [2.24, 2.45) is 0 Å². The molecule has 0 atom stereocenters. The lowest BCUT2D eigenvalue weighted by Gasteiger charge is -2.07. The fraction of sp³-hybridized carbons (Fsp3) is 0.0667. The van der Waals surface area contributed by atoms with Crippen molar-refractivity contribution in [3.8, 4) is 0 Å².